The van der Waals surface area contributed by atoms with Gasteiger partial charge in [0.2, 0.25) is 0 Å². The lowest BCUT2D eigenvalue weighted by Crippen LogP contribution is -2.24. The number of hydrogen-bond donors (Lipinski definition) is 1. The van der Waals surface area contributed by atoms with Gasteiger partial charge in [-0.3, -0.25) is 4.79 Å². The number of aromatic nitrogens is 2. The molecule has 0 saturated carbocycles. The minimum atomic E-state index is -0.240. The average Bonchev–Trinajstić information content (AvgIpc) is 2.80. The van der Waals surface area contributed by atoms with Gasteiger partial charge >= 0.3 is 0 Å². The average molecular weight is 403 g/mol. The molecule has 0 amide bonds. The molecule has 0 unspecified atom stereocenters. The fraction of sp³-hybridized carbons (Fsp3) is 0.167. The summed E-state index contributed by atoms with van der Waals surface area (Å²) in [6.45, 7) is 0.796. The molecule has 98 valence electrons. The molecule has 0 aliphatic rings. The summed E-state index contributed by atoms with van der Waals surface area (Å²) in [5.41, 5.74) is 0.415. The Morgan fingerprint density at radius 2 is 2.26 bits per heavy atom. The molecule has 1 N–H and O–H groups in total. The fourth-order valence-electron chi connectivity index (χ4n) is 1.42. The van der Waals surface area contributed by atoms with Crippen molar-refractivity contribution in [1.82, 2.24) is 9.78 Å². The fourth-order valence-corrected chi connectivity index (χ4v) is 3.29. The summed E-state index contributed by atoms with van der Waals surface area (Å²) >= 11 is 8.31. The van der Waals surface area contributed by atoms with E-state index in [9.17, 15) is 4.79 Å². The highest BCUT2D eigenvalue weighted by atomic mass is 79.9. The molecular weight excluding hydrogens is 394 g/mol. The second-order valence-electron chi connectivity index (χ2n) is 3.60. The van der Waals surface area contributed by atoms with E-state index < -0.39 is 0 Å². The first-order chi connectivity index (χ1) is 9.11. The molecular formula is C12H9Br2N3OS. The normalized spacial score (nSPS) is 10.2. The van der Waals surface area contributed by atoms with Crippen molar-refractivity contribution in [3.8, 4) is 12.3 Å². The van der Waals surface area contributed by atoms with E-state index in [1.54, 1.807) is 17.5 Å². The first-order valence-electron chi connectivity index (χ1n) is 5.29. The predicted molar refractivity (Wildman–Crippen MR) is 84.4 cm³/mol. The van der Waals surface area contributed by atoms with Crippen LogP contribution in [0.25, 0.3) is 0 Å². The third kappa shape index (κ3) is 3.47. The van der Waals surface area contributed by atoms with E-state index >= 15 is 0 Å². The Morgan fingerprint density at radius 3 is 2.89 bits per heavy atom. The molecule has 0 spiro atoms. The molecule has 7 heteroatoms. The van der Waals surface area contributed by atoms with Gasteiger partial charge in [0.1, 0.15) is 11.0 Å². The zero-order valence-electron chi connectivity index (χ0n) is 9.69. The summed E-state index contributed by atoms with van der Waals surface area (Å²) < 4.78 is 2.75. The molecule has 4 nitrogen and oxygen atoms in total. The van der Waals surface area contributed by atoms with Gasteiger partial charge in [0.15, 0.2) is 0 Å². The van der Waals surface area contributed by atoms with Gasteiger partial charge in [0.25, 0.3) is 5.56 Å². The van der Waals surface area contributed by atoms with Crippen molar-refractivity contribution in [3.05, 3.63) is 41.8 Å². The van der Waals surface area contributed by atoms with Crippen molar-refractivity contribution < 1.29 is 0 Å². The Balaban J connectivity index is 2.16. The first kappa shape index (κ1) is 14.3. The Labute approximate surface area is 131 Å². The quantitative estimate of drug-likeness (QED) is 0.799. The van der Waals surface area contributed by atoms with Crippen molar-refractivity contribution in [2.24, 2.45) is 0 Å². The number of rotatable bonds is 4. The summed E-state index contributed by atoms with van der Waals surface area (Å²) in [7, 11) is 0. The van der Waals surface area contributed by atoms with Crippen LogP contribution in [0.5, 0.6) is 0 Å². The van der Waals surface area contributed by atoms with Crippen molar-refractivity contribution in [2.45, 2.75) is 13.1 Å². The Morgan fingerprint density at radius 1 is 1.47 bits per heavy atom. The lowest BCUT2D eigenvalue weighted by atomic mass is 10.4. The number of nitrogens with one attached hydrogen (secondary N) is 1. The molecule has 19 heavy (non-hydrogen) atoms. The van der Waals surface area contributed by atoms with Gasteiger partial charge in [-0.1, -0.05) is 5.92 Å². The Kier molecular flexibility index (Phi) is 4.80. The van der Waals surface area contributed by atoms with E-state index in [1.807, 2.05) is 12.1 Å². The van der Waals surface area contributed by atoms with Crippen LogP contribution in [0, 0.1) is 12.3 Å². The van der Waals surface area contributed by atoms with Gasteiger partial charge in [-0.25, -0.2) is 4.68 Å². The highest BCUT2D eigenvalue weighted by Gasteiger charge is 2.08. The maximum atomic E-state index is 11.9. The SMILES string of the molecule is C#CCn1ncc(NCc2ccc(Br)s2)c(Br)c1=O. The van der Waals surface area contributed by atoms with Gasteiger partial charge in [-0.2, -0.15) is 5.10 Å². The Hall–Kier alpha value is -1.10. The minimum Gasteiger partial charge on any atom is -0.378 e. The third-order valence-corrected chi connectivity index (χ3v) is 4.70. The van der Waals surface area contributed by atoms with Gasteiger partial charge in [0.05, 0.1) is 15.7 Å². The highest BCUT2D eigenvalue weighted by Crippen LogP contribution is 2.24. The van der Waals surface area contributed by atoms with Crippen LogP contribution in [-0.2, 0) is 13.1 Å². The van der Waals surface area contributed by atoms with Crippen LogP contribution in [0.1, 0.15) is 4.88 Å². The number of hydrogen-bond acceptors (Lipinski definition) is 4. The van der Waals surface area contributed by atoms with Crippen LogP contribution in [0.4, 0.5) is 5.69 Å². The summed E-state index contributed by atoms with van der Waals surface area (Å²) in [5.74, 6) is 2.39. The molecule has 0 radical (unpaired) electrons. The smallest absolute Gasteiger partial charge is 0.284 e. The molecule has 0 aromatic carbocycles. The maximum absolute atomic E-state index is 11.9. The van der Waals surface area contributed by atoms with E-state index in [1.165, 1.54) is 4.68 Å². The van der Waals surface area contributed by atoms with E-state index in [0.717, 1.165) is 8.66 Å². The van der Waals surface area contributed by atoms with Crippen LogP contribution in [-0.4, -0.2) is 9.78 Å². The van der Waals surface area contributed by atoms with Crippen molar-refractivity contribution >= 4 is 48.9 Å². The van der Waals surface area contributed by atoms with Crippen molar-refractivity contribution in [1.29, 1.82) is 0 Å². The molecule has 2 aromatic heterocycles. The van der Waals surface area contributed by atoms with Crippen LogP contribution < -0.4 is 10.9 Å². The zero-order valence-corrected chi connectivity index (χ0v) is 13.7. The number of thiophene rings is 1. The standard InChI is InChI=1S/C12H9Br2N3OS/c1-2-5-17-12(18)11(14)9(7-16-17)15-6-8-3-4-10(13)19-8/h1,3-4,7,15H,5-6H2. The summed E-state index contributed by atoms with van der Waals surface area (Å²) in [6, 6.07) is 4.00. The summed E-state index contributed by atoms with van der Waals surface area (Å²) in [5, 5.41) is 7.18. The van der Waals surface area contributed by atoms with Gasteiger partial charge in [-0.15, -0.1) is 17.8 Å². The molecule has 2 rings (SSSR count). The molecule has 2 heterocycles. The topological polar surface area (TPSA) is 46.9 Å². The number of anilines is 1. The van der Waals surface area contributed by atoms with Crippen molar-refractivity contribution in [2.75, 3.05) is 5.32 Å². The lowest BCUT2D eigenvalue weighted by Gasteiger charge is -2.08. The van der Waals surface area contributed by atoms with E-state index in [0.29, 0.717) is 16.7 Å². The molecule has 0 saturated heterocycles. The largest absolute Gasteiger partial charge is 0.378 e. The zero-order chi connectivity index (χ0) is 13.8. The van der Waals surface area contributed by atoms with Gasteiger partial charge in [0, 0.05) is 11.4 Å². The van der Waals surface area contributed by atoms with E-state index in [2.05, 4.69) is 48.2 Å². The van der Waals surface area contributed by atoms with E-state index in [4.69, 9.17) is 6.42 Å². The van der Waals surface area contributed by atoms with Gasteiger partial charge < -0.3 is 5.32 Å². The van der Waals surface area contributed by atoms with Crippen LogP contribution >= 0.6 is 43.2 Å². The minimum absolute atomic E-state index is 0.162. The second kappa shape index (κ2) is 6.37. The Bertz CT molecular complexity index is 687. The number of nitrogens with zero attached hydrogens (tertiary/aromatic N) is 2. The summed E-state index contributed by atoms with van der Waals surface area (Å²) in [6.07, 6.45) is 6.76. The number of halogens is 2. The van der Waals surface area contributed by atoms with Crippen molar-refractivity contribution in [3.63, 3.8) is 0 Å². The molecule has 2 aromatic rings. The second-order valence-corrected chi connectivity index (χ2v) is 6.94. The highest BCUT2D eigenvalue weighted by molar-refractivity contribution is 9.11. The van der Waals surface area contributed by atoms with Crippen LogP contribution in [0.2, 0.25) is 0 Å². The lowest BCUT2D eigenvalue weighted by molar-refractivity contribution is 0.659. The monoisotopic (exact) mass is 401 g/mol. The number of terminal acetylenes is 1. The van der Waals surface area contributed by atoms with Gasteiger partial charge in [-0.05, 0) is 44.0 Å². The molecule has 0 fully saturated rings. The van der Waals surface area contributed by atoms with Crippen LogP contribution in [0.3, 0.4) is 0 Å². The van der Waals surface area contributed by atoms with Crippen LogP contribution in [0.15, 0.2) is 31.4 Å². The third-order valence-electron chi connectivity index (χ3n) is 2.31. The van der Waals surface area contributed by atoms with E-state index in [-0.39, 0.29) is 12.1 Å². The maximum Gasteiger partial charge on any atom is 0.284 e. The predicted octanol–water partition coefficient (Wildman–Crippen LogP) is 3.08. The first-order valence-corrected chi connectivity index (χ1v) is 7.69. The molecule has 0 bridgehead atoms. The molecule has 0 aliphatic heterocycles. The molecule has 0 aliphatic carbocycles. The molecule has 0 atom stereocenters. The summed E-state index contributed by atoms with van der Waals surface area (Å²) in [4.78, 5) is 13.1.